The molecule has 1 N–H and O–H groups in total. The summed E-state index contributed by atoms with van der Waals surface area (Å²) in [5, 5.41) is 3.34. The molecule has 0 aliphatic carbocycles. The van der Waals surface area contributed by atoms with Crippen molar-refractivity contribution in [2.45, 2.75) is 25.8 Å². The molecule has 0 aromatic heterocycles. The van der Waals surface area contributed by atoms with Gasteiger partial charge in [0.25, 0.3) is 0 Å². The topological polar surface area (TPSA) is 41.6 Å². The van der Waals surface area contributed by atoms with E-state index in [-0.39, 0.29) is 5.97 Å². The maximum atomic E-state index is 12.7. The molecule has 20 heavy (non-hydrogen) atoms. The van der Waals surface area contributed by atoms with Crippen molar-refractivity contribution in [2.75, 3.05) is 32.8 Å². The van der Waals surface area contributed by atoms with E-state index in [1.54, 1.807) is 0 Å². The van der Waals surface area contributed by atoms with Crippen LogP contribution in [0.4, 0.5) is 0 Å². The molecule has 1 heterocycles. The molecule has 1 aliphatic heterocycles. The second-order valence-corrected chi connectivity index (χ2v) is 5.04. The van der Waals surface area contributed by atoms with Crippen LogP contribution < -0.4 is 5.32 Å². The van der Waals surface area contributed by atoms with E-state index in [4.69, 9.17) is 4.74 Å². The van der Waals surface area contributed by atoms with Crippen LogP contribution in [-0.4, -0.2) is 43.7 Å². The lowest BCUT2D eigenvalue weighted by Gasteiger charge is -2.43. The zero-order valence-electron chi connectivity index (χ0n) is 12.4. The average molecular weight is 276 g/mol. The zero-order chi connectivity index (χ0) is 14.4. The molecule has 110 valence electrons. The number of esters is 1. The Balaban J connectivity index is 2.42. The SMILES string of the molecule is CCOC(=O)C(CC)(c1ccccc1)N1CCNCC1. The summed E-state index contributed by atoms with van der Waals surface area (Å²) in [7, 11) is 0. The van der Waals surface area contributed by atoms with Gasteiger partial charge in [-0.25, -0.2) is 4.79 Å². The second-order valence-electron chi connectivity index (χ2n) is 5.04. The summed E-state index contributed by atoms with van der Waals surface area (Å²) < 4.78 is 5.40. The number of hydrogen-bond donors (Lipinski definition) is 1. The van der Waals surface area contributed by atoms with Gasteiger partial charge in [-0.3, -0.25) is 4.90 Å². The smallest absolute Gasteiger partial charge is 0.331 e. The third kappa shape index (κ3) is 2.72. The Kier molecular flexibility index (Phi) is 5.15. The maximum Gasteiger partial charge on any atom is 0.331 e. The highest BCUT2D eigenvalue weighted by Crippen LogP contribution is 2.34. The summed E-state index contributed by atoms with van der Waals surface area (Å²) in [5.41, 5.74) is 0.377. The number of ether oxygens (including phenoxy) is 1. The van der Waals surface area contributed by atoms with Gasteiger partial charge in [-0.05, 0) is 18.9 Å². The van der Waals surface area contributed by atoms with Gasteiger partial charge in [-0.15, -0.1) is 0 Å². The molecule has 1 unspecified atom stereocenters. The number of piperazine rings is 1. The molecular formula is C16H24N2O2. The number of hydrogen-bond acceptors (Lipinski definition) is 4. The van der Waals surface area contributed by atoms with Crippen LogP contribution >= 0.6 is 0 Å². The summed E-state index contributed by atoms with van der Waals surface area (Å²) >= 11 is 0. The number of rotatable bonds is 5. The number of carbonyl (C=O) groups is 1. The van der Waals surface area contributed by atoms with Crippen molar-refractivity contribution in [3.8, 4) is 0 Å². The van der Waals surface area contributed by atoms with Crippen molar-refractivity contribution >= 4 is 5.97 Å². The number of nitrogens with one attached hydrogen (secondary N) is 1. The Labute approximate surface area is 121 Å². The fraction of sp³-hybridized carbons (Fsp3) is 0.562. The molecule has 4 nitrogen and oxygen atoms in total. The molecule has 1 saturated heterocycles. The predicted octanol–water partition coefficient (Wildman–Crippen LogP) is 1.76. The van der Waals surface area contributed by atoms with Gasteiger partial charge in [0.15, 0.2) is 0 Å². The van der Waals surface area contributed by atoms with E-state index in [0.717, 1.165) is 38.2 Å². The van der Waals surface area contributed by atoms with Crippen LogP contribution in [0.15, 0.2) is 30.3 Å². The van der Waals surface area contributed by atoms with Crippen molar-refractivity contribution < 1.29 is 9.53 Å². The lowest BCUT2D eigenvalue weighted by Crippen LogP contribution is -2.58. The van der Waals surface area contributed by atoms with Crippen LogP contribution in [0.5, 0.6) is 0 Å². The molecule has 0 saturated carbocycles. The highest BCUT2D eigenvalue weighted by atomic mass is 16.5. The first-order valence-corrected chi connectivity index (χ1v) is 7.44. The Hall–Kier alpha value is -1.39. The Morgan fingerprint density at radius 2 is 1.90 bits per heavy atom. The fourth-order valence-electron chi connectivity index (χ4n) is 3.01. The first kappa shape index (κ1) is 15.0. The summed E-state index contributed by atoms with van der Waals surface area (Å²) in [6, 6.07) is 10.0. The van der Waals surface area contributed by atoms with Crippen molar-refractivity contribution in [1.29, 1.82) is 0 Å². The minimum Gasteiger partial charge on any atom is -0.464 e. The lowest BCUT2D eigenvalue weighted by molar-refractivity contribution is -0.160. The molecule has 1 aromatic rings. The van der Waals surface area contributed by atoms with Crippen LogP contribution in [0, 0.1) is 0 Å². The van der Waals surface area contributed by atoms with Gasteiger partial charge in [-0.2, -0.15) is 0 Å². The van der Waals surface area contributed by atoms with E-state index in [2.05, 4.69) is 17.1 Å². The zero-order valence-corrected chi connectivity index (χ0v) is 12.4. The van der Waals surface area contributed by atoms with Crippen LogP contribution in [-0.2, 0) is 15.1 Å². The molecule has 1 atom stereocenters. The predicted molar refractivity (Wildman–Crippen MR) is 79.5 cm³/mol. The van der Waals surface area contributed by atoms with Crippen molar-refractivity contribution in [3.05, 3.63) is 35.9 Å². The maximum absolute atomic E-state index is 12.7. The number of benzene rings is 1. The van der Waals surface area contributed by atoms with Crippen LogP contribution in [0.3, 0.4) is 0 Å². The quantitative estimate of drug-likeness (QED) is 0.832. The summed E-state index contributed by atoms with van der Waals surface area (Å²) in [6.07, 6.45) is 0.718. The van der Waals surface area contributed by atoms with Crippen molar-refractivity contribution in [1.82, 2.24) is 10.2 Å². The fourth-order valence-corrected chi connectivity index (χ4v) is 3.01. The van der Waals surface area contributed by atoms with Gasteiger partial charge in [-0.1, -0.05) is 37.3 Å². The van der Waals surface area contributed by atoms with Crippen molar-refractivity contribution in [3.63, 3.8) is 0 Å². The third-order valence-electron chi connectivity index (χ3n) is 4.03. The lowest BCUT2D eigenvalue weighted by atomic mass is 9.84. The number of carbonyl (C=O) groups excluding carboxylic acids is 1. The Bertz CT molecular complexity index is 429. The molecule has 2 rings (SSSR count). The van der Waals surface area contributed by atoms with Crippen LogP contribution in [0.25, 0.3) is 0 Å². The summed E-state index contributed by atoms with van der Waals surface area (Å²) in [4.78, 5) is 15.0. The van der Waals surface area contributed by atoms with Gasteiger partial charge in [0.2, 0.25) is 0 Å². The van der Waals surface area contributed by atoms with E-state index in [1.165, 1.54) is 0 Å². The standard InChI is InChI=1S/C16H24N2O2/c1-3-16(15(19)20-4-2,14-8-6-5-7-9-14)18-12-10-17-11-13-18/h5-9,17H,3-4,10-13H2,1-2H3. The molecule has 1 fully saturated rings. The first-order valence-electron chi connectivity index (χ1n) is 7.44. The van der Waals surface area contributed by atoms with Gasteiger partial charge >= 0.3 is 5.97 Å². The van der Waals surface area contributed by atoms with E-state index in [0.29, 0.717) is 6.61 Å². The summed E-state index contributed by atoms with van der Waals surface area (Å²) in [6.45, 7) is 7.89. The largest absolute Gasteiger partial charge is 0.464 e. The van der Waals surface area contributed by atoms with Crippen molar-refractivity contribution in [2.24, 2.45) is 0 Å². The monoisotopic (exact) mass is 276 g/mol. The third-order valence-corrected chi connectivity index (χ3v) is 4.03. The van der Waals surface area contributed by atoms with E-state index < -0.39 is 5.54 Å². The first-order chi connectivity index (χ1) is 9.75. The minimum atomic E-state index is -0.653. The molecule has 1 aromatic carbocycles. The molecule has 0 bridgehead atoms. The molecule has 0 amide bonds. The van der Waals surface area contributed by atoms with E-state index in [9.17, 15) is 4.79 Å². The highest BCUT2D eigenvalue weighted by molar-refractivity contribution is 5.82. The highest BCUT2D eigenvalue weighted by Gasteiger charge is 2.45. The molecule has 4 heteroatoms. The van der Waals surface area contributed by atoms with E-state index in [1.807, 2.05) is 37.3 Å². The average Bonchev–Trinajstić information content (AvgIpc) is 2.51. The molecule has 0 radical (unpaired) electrons. The number of nitrogens with zero attached hydrogens (tertiary/aromatic N) is 1. The Morgan fingerprint density at radius 1 is 1.25 bits per heavy atom. The normalized spacial score (nSPS) is 19.3. The van der Waals surface area contributed by atoms with Crippen LogP contribution in [0.1, 0.15) is 25.8 Å². The summed E-state index contributed by atoms with van der Waals surface area (Å²) in [5.74, 6) is -0.129. The van der Waals surface area contributed by atoms with Gasteiger partial charge in [0, 0.05) is 26.2 Å². The molecular weight excluding hydrogens is 252 g/mol. The van der Waals surface area contributed by atoms with Gasteiger partial charge < -0.3 is 10.1 Å². The van der Waals surface area contributed by atoms with E-state index >= 15 is 0 Å². The van der Waals surface area contributed by atoms with Gasteiger partial charge in [0.1, 0.15) is 5.54 Å². The molecule has 1 aliphatic rings. The second kappa shape index (κ2) is 6.86. The molecule has 0 spiro atoms. The van der Waals surface area contributed by atoms with Gasteiger partial charge in [0.05, 0.1) is 6.61 Å². The minimum absolute atomic E-state index is 0.129. The van der Waals surface area contributed by atoms with Crippen LogP contribution in [0.2, 0.25) is 0 Å². The Morgan fingerprint density at radius 3 is 2.45 bits per heavy atom.